The van der Waals surface area contributed by atoms with E-state index < -0.39 is 0 Å². The molecule has 6 heteroatoms. The molecule has 1 aliphatic rings. The molecule has 5 nitrogen and oxygen atoms in total. The number of nitrogens with zero attached hydrogens (tertiary/aromatic N) is 1. The Kier molecular flexibility index (Phi) is 3.74. The summed E-state index contributed by atoms with van der Waals surface area (Å²) in [6.45, 7) is 0.934. The first-order valence-electron chi connectivity index (χ1n) is 6.71. The number of hydrogen-bond acceptors (Lipinski definition) is 4. The van der Waals surface area contributed by atoms with Crippen LogP contribution in [0.2, 0.25) is 5.02 Å². The van der Waals surface area contributed by atoms with E-state index in [2.05, 4.69) is 15.3 Å². The van der Waals surface area contributed by atoms with E-state index in [1.165, 1.54) is 0 Å². The van der Waals surface area contributed by atoms with Crippen LogP contribution in [0.25, 0.3) is 10.9 Å². The molecule has 0 radical (unpaired) electrons. The van der Waals surface area contributed by atoms with Crippen molar-refractivity contribution in [2.75, 3.05) is 6.54 Å². The van der Waals surface area contributed by atoms with E-state index in [0.717, 1.165) is 12.8 Å². The molecule has 0 bridgehead atoms. The Morgan fingerprint density at radius 3 is 3.05 bits per heavy atom. The molecule has 0 saturated heterocycles. The molecule has 3 N–H and O–H groups in total. The van der Waals surface area contributed by atoms with Crippen LogP contribution in [0.5, 0.6) is 0 Å². The molecule has 1 heterocycles. The van der Waals surface area contributed by atoms with E-state index in [1.54, 1.807) is 18.2 Å². The van der Waals surface area contributed by atoms with Crippen molar-refractivity contribution in [1.29, 1.82) is 0 Å². The lowest BCUT2D eigenvalue weighted by molar-refractivity contribution is 0.148. The summed E-state index contributed by atoms with van der Waals surface area (Å²) in [5.41, 5.74) is 0.409. The van der Waals surface area contributed by atoms with Gasteiger partial charge in [-0.25, -0.2) is 4.98 Å². The quantitative estimate of drug-likeness (QED) is 0.779. The highest BCUT2D eigenvalue weighted by Crippen LogP contribution is 2.32. The van der Waals surface area contributed by atoms with Gasteiger partial charge < -0.3 is 15.4 Å². The fourth-order valence-corrected chi connectivity index (χ4v) is 2.40. The summed E-state index contributed by atoms with van der Waals surface area (Å²) >= 11 is 5.91. The maximum absolute atomic E-state index is 11.9. The number of aliphatic hydroxyl groups is 1. The van der Waals surface area contributed by atoms with Crippen LogP contribution in [0.3, 0.4) is 0 Å². The third kappa shape index (κ3) is 3.00. The van der Waals surface area contributed by atoms with Crippen LogP contribution in [-0.4, -0.2) is 27.7 Å². The van der Waals surface area contributed by atoms with Gasteiger partial charge in [0, 0.05) is 11.6 Å². The molecule has 2 aromatic rings. The highest BCUT2D eigenvalue weighted by Gasteiger charge is 2.29. The summed E-state index contributed by atoms with van der Waals surface area (Å²) < 4.78 is 0. The molecular formula is C14H16ClN3O2. The first-order chi connectivity index (χ1) is 9.63. The van der Waals surface area contributed by atoms with Gasteiger partial charge in [-0.3, -0.25) is 4.79 Å². The minimum atomic E-state index is -0.309. The van der Waals surface area contributed by atoms with Crippen LogP contribution < -0.4 is 10.9 Å². The molecule has 0 spiro atoms. The van der Waals surface area contributed by atoms with E-state index in [0.29, 0.717) is 40.8 Å². The van der Waals surface area contributed by atoms with Crippen molar-refractivity contribution in [1.82, 2.24) is 15.3 Å². The first-order valence-corrected chi connectivity index (χ1v) is 7.08. The van der Waals surface area contributed by atoms with E-state index in [9.17, 15) is 9.90 Å². The molecule has 20 heavy (non-hydrogen) atoms. The van der Waals surface area contributed by atoms with Crippen LogP contribution in [0.1, 0.15) is 18.7 Å². The van der Waals surface area contributed by atoms with Crippen molar-refractivity contribution in [2.24, 2.45) is 5.92 Å². The predicted octanol–water partition coefficient (Wildman–Crippen LogP) is 1.44. The van der Waals surface area contributed by atoms with Crippen LogP contribution in [-0.2, 0) is 6.54 Å². The summed E-state index contributed by atoms with van der Waals surface area (Å²) in [6, 6.07) is 5.01. The van der Waals surface area contributed by atoms with E-state index in [1.807, 2.05) is 0 Å². The second-order valence-corrected chi connectivity index (χ2v) is 5.65. The molecule has 0 amide bonds. The Balaban J connectivity index is 1.72. The lowest BCUT2D eigenvalue weighted by Crippen LogP contribution is -2.29. The minimum Gasteiger partial charge on any atom is -0.392 e. The van der Waals surface area contributed by atoms with Crippen molar-refractivity contribution in [3.8, 4) is 0 Å². The molecule has 1 aromatic heterocycles. The average Bonchev–Trinajstić information content (AvgIpc) is 3.22. The smallest absolute Gasteiger partial charge is 0.258 e. The Bertz CT molecular complexity index is 682. The normalized spacial score (nSPS) is 16.5. The number of halogens is 1. The molecule has 3 rings (SSSR count). The standard InChI is InChI=1S/C14H16ClN3O2/c15-9-3-4-10-11(5-9)17-13(18-14(10)20)7-16-6-12(19)8-1-2-8/h3-5,8,12,16,19H,1-2,6-7H2,(H,17,18,20). The van der Waals surface area contributed by atoms with Crippen molar-refractivity contribution >= 4 is 22.5 Å². The highest BCUT2D eigenvalue weighted by atomic mass is 35.5. The fourth-order valence-electron chi connectivity index (χ4n) is 2.23. The Hall–Kier alpha value is -1.43. The number of benzene rings is 1. The number of fused-ring (bicyclic) bond motifs is 1. The molecular weight excluding hydrogens is 278 g/mol. The molecule has 1 fully saturated rings. The number of aromatic amines is 1. The van der Waals surface area contributed by atoms with E-state index in [-0.39, 0.29) is 11.7 Å². The summed E-state index contributed by atoms with van der Waals surface area (Å²) in [5, 5.41) is 13.9. The van der Waals surface area contributed by atoms with Gasteiger partial charge in [0.05, 0.1) is 23.6 Å². The monoisotopic (exact) mass is 293 g/mol. The predicted molar refractivity (Wildman–Crippen MR) is 77.8 cm³/mol. The topological polar surface area (TPSA) is 78.0 Å². The second-order valence-electron chi connectivity index (χ2n) is 5.21. The van der Waals surface area contributed by atoms with Gasteiger partial charge in [-0.2, -0.15) is 0 Å². The van der Waals surface area contributed by atoms with Gasteiger partial charge in [0.2, 0.25) is 0 Å². The molecule has 1 aromatic carbocycles. The minimum absolute atomic E-state index is 0.175. The maximum atomic E-state index is 11.9. The number of aromatic nitrogens is 2. The zero-order chi connectivity index (χ0) is 14.1. The van der Waals surface area contributed by atoms with Gasteiger partial charge in [-0.15, -0.1) is 0 Å². The Morgan fingerprint density at radius 1 is 1.50 bits per heavy atom. The zero-order valence-electron chi connectivity index (χ0n) is 10.9. The van der Waals surface area contributed by atoms with Gasteiger partial charge in [-0.05, 0) is 37.0 Å². The highest BCUT2D eigenvalue weighted by molar-refractivity contribution is 6.31. The van der Waals surface area contributed by atoms with E-state index >= 15 is 0 Å². The Labute approximate surface area is 121 Å². The molecule has 106 valence electrons. The first kappa shape index (κ1) is 13.5. The van der Waals surface area contributed by atoms with Crippen molar-refractivity contribution in [3.63, 3.8) is 0 Å². The third-order valence-corrected chi connectivity index (χ3v) is 3.76. The van der Waals surface area contributed by atoms with Gasteiger partial charge >= 0.3 is 0 Å². The van der Waals surface area contributed by atoms with Crippen LogP contribution >= 0.6 is 11.6 Å². The summed E-state index contributed by atoms with van der Waals surface area (Å²) in [7, 11) is 0. The van der Waals surface area contributed by atoms with E-state index in [4.69, 9.17) is 11.6 Å². The van der Waals surface area contributed by atoms with Gasteiger partial charge in [-0.1, -0.05) is 11.6 Å². The largest absolute Gasteiger partial charge is 0.392 e. The summed E-state index contributed by atoms with van der Waals surface area (Å²) in [6.07, 6.45) is 1.90. The fraction of sp³-hybridized carbons (Fsp3) is 0.429. The summed E-state index contributed by atoms with van der Waals surface area (Å²) in [5.74, 6) is 0.984. The molecule has 1 atom stereocenters. The average molecular weight is 294 g/mol. The molecule has 1 saturated carbocycles. The van der Waals surface area contributed by atoms with Crippen molar-refractivity contribution < 1.29 is 5.11 Å². The molecule has 0 aliphatic heterocycles. The second kappa shape index (κ2) is 5.52. The molecule has 1 aliphatic carbocycles. The number of hydrogen-bond donors (Lipinski definition) is 3. The lowest BCUT2D eigenvalue weighted by Gasteiger charge is -2.10. The van der Waals surface area contributed by atoms with Crippen LogP contribution in [0, 0.1) is 5.92 Å². The number of aliphatic hydroxyl groups excluding tert-OH is 1. The van der Waals surface area contributed by atoms with Crippen LogP contribution in [0.4, 0.5) is 0 Å². The van der Waals surface area contributed by atoms with Crippen molar-refractivity contribution in [3.05, 3.63) is 39.4 Å². The van der Waals surface area contributed by atoms with Crippen molar-refractivity contribution in [2.45, 2.75) is 25.5 Å². The lowest BCUT2D eigenvalue weighted by atomic mass is 10.2. The SMILES string of the molecule is O=c1[nH]c(CNCC(O)C2CC2)nc2cc(Cl)ccc12. The van der Waals surface area contributed by atoms with Crippen LogP contribution in [0.15, 0.2) is 23.0 Å². The summed E-state index contributed by atoms with van der Waals surface area (Å²) in [4.78, 5) is 19.0. The molecule has 1 unspecified atom stereocenters. The van der Waals surface area contributed by atoms with Gasteiger partial charge in [0.25, 0.3) is 5.56 Å². The zero-order valence-corrected chi connectivity index (χ0v) is 11.7. The van der Waals surface area contributed by atoms with Gasteiger partial charge in [0.15, 0.2) is 0 Å². The van der Waals surface area contributed by atoms with Gasteiger partial charge in [0.1, 0.15) is 5.82 Å². The number of H-pyrrole nitrogens is 1. The number of nitrogens with one attached hydrogen (secondary N) is 2. The Morgan fingerprint density at radius 2 is 2.30 bits per heavy atom. The third-order valence-electron chi connectivity index (χ3n) is 3.53. The maximum Gasteiger partial charge on any atom is 0.258 e. The number of rotatable bonds is 5.